The summed E-state index contributed by atoms with van der Waals surface area (Å²) >= 11 is 11.8. The molecule has 2 rings (SSSR count). The lowest BCUT2D eigenvalue weighted by Crippen LogP contribution is -2.29. The average molecular weight is 295 g/mol. The third-order valence-electron chi connectivity index (χ3n) is 3.15. The summed E-state index contributed by atoms with van der Waals surface area (Å²) in [7, 11) is 1.90. The van der Waals surface area contributed by atoms with Crippen molar-refractivity contribution in [1.82, 2.24) is 5.32 Å². The fourth-order valence-electron chi connectivity index (χ4n) is 2.10. The molecular formula is C15H16Cl2N2. The van der Waals surface area contributed by atoms with Crippen LogP contribution in [0.4, 0.5) is 0 Å². The molecule has 0 amide bonds. The predicted molar refractivity (Wildman–Crippen MR) is 81.6 cm³/mol. The van der Waals surface area contributed by atoms with E-state index in [1.165, 1.54) is 0 Å². The minimum absolute atomic E-state index is 0.0263. The Hall–Kier alpha value is -1.06. The highest BCUT2D eigenvalue weighted by Gasteiger charge is 2.19. The molecule has 2 nitrogen and oxygen atoms in total. The minimum Gasteiger partial charge on any atom is -0.322 e. The van der Waals surface area contributed by atoms with E-state index in [0.29, 0.717) is 5.02 Å². The second-order valence-electron chi connectivity index (χ2n) is 4.40. The van der Waals surface area contributed by atoms with E-state index >= 15 is 0 Å². The van der Waals surface area contributed by atoms with Gasteiger partial charge in [-0.1, -0.05) is 47.5 Å². The van der Waals surface area contributed by atoms with Crippen molar-refractivity contribution in [1.29, 1.82) is 0 Å². The van der Waals surface area contributed by atoms with Gasteiger partial charge in [-0.2, -0.15) is 0 Å². The van der Waals surface area contributed by atoms with E-state index in [-0.39, 0.29) is 12.1 Å². The molecule has 0 heterocycles. The Bertz CT molecular complexity index is 523. The van der Waals surface area contributed by atoms with Gasteiger partial charge in [0.2, 0.25) is 0 Å². The lowest BCUT2D eigenvalue weighted by Gasteiger charge is -2.24. The van der Waals surface area contributed by atoms with Crippen molar-refractivity contribution in [2.75, 3.05) is 7.05 Å². The summed E-state index contributed by atoms with van der Waals surface area (Å²) in [6.07, 6.45) is 0. The molecular weight excluding hydrogens is 279 g/mol. The monoisotopic (exact) mass is 294 g/mol. The largest absolute Gasteiger partial charge is 0.322 e. The van der Waals surface area contributed by atoms with Crippen molar-refractivity contribution < 1.29 is 0 Å². The van der Waals surface area contributed by atoms with Crippen molar-refractivity contribution in [2.45, 2.75) is 12.1 Å². The number of rotatable bonds is 4. The zero-order valence-electron chi connectivity index (χ0n) is 10.6. The van der Waals surface area contributed by atoms with Crippen LogP contribution in [0, 0.1) is 0 Å². The summed E-state index contributed by atoms with van der Waals surface area (Å²) in [5.41, 5.74) is 8.48. The maximum Gasteiger partial charge on any atom is 0.0513 e. The Balaban J connectivity index is 2.26. The number of likely N-dealkylation sites (N-methyl/N-ethyl adjacent to an activating group) is 1. The van der Waals surface area contributed by atoms with Crippen LogP contribution in [0.3, 0.4) is 0 Å². The second-order valence-corrected chi connectivity index (χ2v) is 5.27. The molecule has 2 unspecified atom stereocenters. The Morgan fingerprint density at radius 2 is 1.26 bits per heavy atom. The van der Waals surface area contributed by atoms with Crippen LogP contribution in [0.1, 0.15) is 23.2 Å². The molecule has 2 aromatic carbocycles. The van der Waals surface area contributed by atoms with Gasteiger partial charge in [-0.05, 0) is 42.4 Å². The zero-order valence-corrected chi connectivity index (χ0v) is 12.1. The van der Waals surface area contributed by atoms with E-state index < -0.39 is 0 Å². The molecule has 0 aliphatic heterocycles. The molecule has 0 saturated carbocycles. The summed E-state index contributed by atoms with van der Waals surface area (Å²) in [5, 5.41) is 4.68. The summed E-state index contributed by atoms with van der Waals surface area (Å²) < 4.78 is 0. The van der Waals surface area contributed by atoms with E-state index in [1.54, 1.807) is 0 Å². The average Bonchev–Trinajstić information content (AvgIpc) is 2.42. The summed E-state index contributed by atoms with van der Waals surface area (Å²) in [5.74, 6) is 0. The number of hydrogen-bond acceptors (Lipinski definition) is 2. The van der Waals surface area contributed by atoms with Gasteiger partial charge in [0.25, 0.3) is 0 Å². The quantitative estimate of drug-likeness (QED) is 0.896. The molecule has 2 atom stereocenters. The standard InChI is InChI=1S/C15H16Cl2N2/c1-19-15(11-4-8-13(17)9-5-11)14(18)10-2-6-12(16)7-3-10/h2-9,14-15,19H,18H2,1H3. The van der Waals surface area contributed by atoms with E-state index in [1.807, 2.05) is 55.6 Å². The highest BCUT2D eigenvalue weighted by molar-refractivity contribution is 6.30. The third-order valence-corrected chi connectivity index (χ3v) is 3.66. The van der Waals surface area contributed by atoms with Crippen molar-refractivity contribution in [3.05, 3.63) is 69.7 Å². The van der Waals surface area contributed by atoms with Crippen LogP contribution >= 0.6 is 23.2 Å². The van der Waals surface area contributed by atoms with Gasteiger partial charge in [0, 0.05) is 16.1 Å². The van der Waals surface area contributed by atoms with Gasteiger partial charge in [-0.3, -0.25) is 0 Å². The van der Waals surface area contributed by atoms with E-state index in [9.17, 15) is 0 Å². The van der Waals surface area contributed by atoms with Crippen LogP contribution in [-0.2, 0) is 0 Å². The van der Waals surface area contributed by atoms with Gasteiger partial charge in [0.15, 0.2) is 0 Å². The van der Waals surface area contributed by atoms with E-state index in [4.69, 9.17) is 28.9 Å². The van der Waals surface area contributed by atoms with Crippen LogP contribution in [-0.4, -0.2) is 7.05 Å². The van der Waals surface area contributed by atoms with Gasteiger partial charge < -0.3 is 11.1 Å². The van der Waals surface area contributed by atoms with Crippen LogP contribution in [0.25, 0.3) is 0 Å². The summed E-state index contributed by atoms with van der Waals surface area (Å²) in [6, 6.07) is 15.2. The van der Waals surface area contributed by atoms with Crippen LogP contribution in [0.2, 0.25) is 10.0 Å². The highest BCUT2D eigenvalue weighted by Crippen LogP contribution is 2.28. The number of benzene rings is 2. The van der Waals surface area contributed by atoms with Crippen LogP contribution < -0.4 is 11.1 Å². The van der Waals surface area contributed by atoms with Crippen molar-refractivity contribution in [3.8, 4) is 0 Å². The molecule has 0 bridgehead atoms. The molecule has 0 aliphatic carbocycles. The smallest absolute Gasteiger partial charge is 0.0513 e. The van der Waals surface area contributed by atoms with Crippen molar-refractivity contribution in [2.24, 2.45) is 5.73 Å². The minimum atomic E-state index is -0.150. The maximum atomic E-state index is 6.33. The fourth-order valence-corrected chi connectivity index (χ4v) is 2.35. The predicted octanol–water partition coefficient (Wildman–Crippen LogP) is 3.95. The van der Waals surface area contributed by atoms with Gasteiger partial charge in [0.1, 0.15) is 0 Å². The topological polar surface area (TPSA) is 38.0 Å². The third kappa shape index (κ3) is 3.48. The molecule has 100 valence electrons. The molecule has 4 heteroatoms. The second kappa shape index (κ2) is 6.40. The number of nitrogens with one attached hydrogen (secondary N) is 1. The molecule has 3 N–H and O–H groups in total. The van der Waals surface area contributed by atoms with Crippen LogP contribution in [0.5, 0.6) is 0 Å². The molecule has 0 fully saturated rings. The highest BCUT2D eigenvalue weighted by atomic mass is 35.5. The normalized spacial score (nSPS) is 14.1. The van der Waals surface area contributed by atoms with Gasteiger partial charge in [-0.15, -0.1) is 0 Å². The zero-order chi connectivity index (χ0) is 13.8. The Morgan fingerprint density at radius 3 is 1.68 bits per heavy atom. The van der Waals surface area contributed by atoms with Gasteiger partial charge >= 0.3 is 0 Å². The first-order valence-corrected chi connectivity index (χ1v) is 6.81. The first-order chi connectivity index (χ1) is 9.11. The van der Waals surface area contributed by atoms with Crippen molar-refractivity contribution >= 4 is 23.2 Å². The SMILES string of the molecule is CNC(c1ccc(Cl)cc1)C(N)c1ccc(Cl)cc1. The molecule has 0 saturated heterocycles. The Kier molecular flexibility index (Phi) is 4.83. The molecule has 0 spiro atoms. The molecule has 0 aromatic heterocycles. The number of hydrogen-bond donors (Lipinski definition) is 2. The Morgan fingerprint density at radius 1 is 0.842 bits per heavy atom. The first-order valence-electron chi connectivity index (χ1n) is 6.05. The lowest BCUT2D eigenvalue weighted by atomic mass is 9.94. The first kappa shape index (κ1) is 14.4. The van der Waals surface area contributed by atoms with E-state index in [0.717, 1.165) is 16.1 Å². The van der Waals surface area contributed by atoms with Crippen molar-refractivity contribution in [3.63, 3.8) is 0 Å². The lowest BCUT2D eigenvalue weighted by molar-refractivity contribution is 0.491. The molecule has 0 aliphatic rings. The fraction of sp³-hybridized carbons (Fsp3) is 0.200. The summed E-state index contributed by atoms with van der Waals surface area (Å²) in [4.78, 5) is 0. The van der Waals surface area contributed by atoms with Crippen LogP contribution in [0.15, 0.2) is 48.5 Å². The van der Waals surface area contributed by atoms with E-state index in [2.05, 4.69) is 5.32 Å². The molecule has 2 aromatic rings. The number of nitrogens with two attached hydrogens (primary N) is 1. The number of halogens is 2. The van der Waals surface area contributed by atoms with Gasteiger partial charge in [0.05, 0.1) is 6.04 Å². The molecule has 0 radical (unpaired) electrons. The molecule has 19 heavy (non-hydrogen) atoms. The van der Waals surface area contributed by atoms with Gasteiger partial charge in [-0.25, -0.2) is 0 Å². The summed E-state index contributed by atoms with van der Waals surface area (Å²) in [6.45, 7) is 0. The Labute approximate surface area is 123 Å². The maximum absolute atomic E-state index is 6.33.